The van der Waals surface area contributed by atoms with Gasteiger partial charge < -0.3 is 10.2 Å². The van der Waals surface area contributed by atoms with Crippen molar-refractivity contribution in [2.45, 2.75) is 38.5 Å². The van der Waals surface area contributed by atoms with Gasteiger partial charge in [-0.2, -0.15) is 0 Å². The summed E-state index contributed by atoms with van der Waals surface area (Å²) in [6, 6.07) is 5.82. The Morgan fingerprint density at radius 2 is 1.90 bits per heavy atom. The number of carbonyl (C=O) groups is 1. The summed E-state index contributed by atoms with van der Waals surface area (Å²) in [7, 11) is 0. The number of hydrogen-bond donors (Lipinski definition) is 1. The zero-order valence-electron chi connectivity index (χ0n) is 11.7. The molecule has 1 aromatic rings. The SMILES string of the molecule is O=C(Nc1cc(Cl)ccc1N1CCCCC1)C1CCC1. The van der Waals surface area contributed by atoms with Crippen molar-refractivity contribution in [3.63, 3.8) is 0 Å². The topological polar surface area (TPSA) is 32.3 Å². The average molecular weight is 293 g/mol. The van der Waals surface area contributed by atoms with Gasteiger partial charge in [0.2, 0.25) is 5.91 Å². The summed E-state index contributed by atoms with van der Waals surface area (Å²) < 4.78 is 0. The van der Waals surface area contributed by atoms with Crippen LogP contribution in [0.4, 0.5) is 11.4 Å². The van der Waals surface area contributed by atoms with Crippen molar-refractivity contribution in [1.29, 1.82) is 0 Å². The van der Waals surface area contributed by atoms with Gasteiger partial charge in [-0.25, -0.2) is 0 Å². The summed E-state index contributed by atoms with van der Waals surface area (Å²) in [6.07, 6.45) is 6.95. The second-order valence-electron chi connectivity index (χ2n) is 5.83. The third-order valence-electron chi connectivity index (χ3n) is 4.39. The van der Waals surface area contributed by atoms with Crippen LogP contribution in [0.15, 0.2) is 18.2 Å². The molecule has 1 amide bonds. The van der Waals surface area contributed by atoms with E-state index in [1.165, 1.54) is 25.7 Å². The molecule has 2 fully saturated rings. The number of benzene rings is 1. The van der Waals surface area contributed by atoms with E-state index >= 15 is 0 Å². The second-order valence-corrected chi connectivity index (χ2v) is 6.26. The van der Waals surface area contributed by atoms with Crippen LogP contribution in [0.25, 0.3) is 0 Å². The first-order valence-corrected chi connectivity index (χ1v) is 7.97. The molecule has 4 heteroatoms. The predicted molar refractivity (Wildman–Crippen MR) is 83.5 cm³/mol. The normalized spacial score (nSPS) is 19.6. The lowest BCUT2D eigenvalue weighted by atomic mass is 9.85. The van der Waals surface area contributed by atoms with Crippen LogP contribution in [-0.4, -0.2) is 19.0 Å². The van der Waals surface area contributed by atoms with Crippen molar-refractivity contribution in [1.82, 2.24) is 0 Å². The molecule has 1 aliphatic carbocycles. The van der Waals surface area contributed by atoms with E-state index < -0.39 is 0 Å². The molecule has 2 aliphatic rings. The Labute approximate surface area is 125 Å². The second kappa shape index (κ2) is 6.04. The first-order chi connectivity index (χ1) is 9.74. The van der Waals surface area contributed by atoms with Crippen molar-refractivity contribution in [2.24, 2.45) is 5.92 Å². The number of piperidine rings is 1. The van der Waals surface area contributed by atoms with Gasteiger partial charge in [0.15, 0.2) is 0 Å². The Morgan fingerprint density at radius 1 is 1.15 bits per heavy atom. The van der Waals surface area contributed by atoms with Crippen LogP contribution in [-0.2, 0) is 4.79 Å². The lowest BCUT2D eigenvalue weighted by Crippen LogP contribution is -2.32. The Balaban J connectivity index is 1.79. The molecule has 1 saturated heterocycles. The van der Waals surface area contributed by atoms with E-state index in [0.29, 0.717) is 5.02 Å². The smallest absolute Gasteiger partial charge is 0.227 e. The van der Waals surface area contributed by atoms with Gasteiger partial charge in [-0.1, -0.05) is 18.0 Å². The van der Waals surface area contributed by atoms with E-state index in [4.69, 9.17) is 11.6 Å². The molecule has 0 radical (unpaired) electrons. The third kappa shape index (κ3) is 2.93. The zero-order chi connectivity index (χ0) is 13.9. The van der Waals surface area contributed by atoms with Crippen molar-refractivity contribution in [2.75, 3.05) is 23.3 Å². The van der Waals surface area contributed by atoms with Gasteiger partial charge in [0.05, 0.1) is 11.4 Å². The quantitative estimate of drug-likeness (QED) is 0.911. The molecule has 0 atom stereocenters. The third-order valence-corrected chi connectivity index (χ3v) is 4.62. The van der Waals surface area contributed by atoms with E-state index in [1.54, 1.807) is 0 Å². The van der Waals surface area contributed by atoms with Crippen molar-refractivity contribution in [3.05, 3.63) is 23.2 Å². The highest BCUT2D eigenvalue weighted by molar-refractivity contribution is 6.31. The van der Waals surface area contributed by atoms with Gasteiger partial charge in [0, 0.05) is 24.0 Å². The molecule has 0 bridgehead atoms. The lowest BCUT2D eigenvalue weighted by Gasteiger charge is -2.31. The average Bonchev–Trinajstić information content (AvgIpc) is 2.37. The van der Waals surface area contributed by atoms with Crippen LogP contribution in [0.1, 0.15) is 38.5 Å². The molecule has 20 heavy (non-hydrogen) atoms. The molecule has 0 spiro atoms. The minimum Gasteiger partial charge on any atom is -0.370 e. The maximum absolute atomic E-state index is 12.2. The van der Waals surface area contributed by atoms with Crippen molar-refractivity contribution in [3.8, 4) is 0 Å². The van der Waals surface area contributed by atoms with Gasteiger partial charge in [0.1, 0.15) is 0 Å². The number of carbonyl (C=O) groups excluding carboxylic acids is 1. The van der Waals surface area contributed by atoms with E-state index in [9.17, 15) is 4.79 Å². The fraction of sp³-hybridized carbons (Fsp3) is 0.562. The van der Waals surface area contributed by atoms with Crippen LogP contribution >= 0.6 is 11.6 Å². The number of rotatable bonds is 3. The number of halogens is 1. The minimum absolute atomic E-state index is 0.150. The standard InChI is InChI=1S/C16H21ClN2O/c17-13-7-8-15(19-9-2-1-3-10-19)14(11-13)18-16(20)12-5-4-6-12/h7-8,11-12H,1-6,9-10H2,(H,18,20). The van der Waals surface area contributed by atoms with Crippen LogP contribution in [0.5, 0.6) is 0 Å². The minimum atomic E-state index is 0.150. The molecule has 1 saturated carbocycles. The summed E-state index contributed by atoms with van der Waals surface area (Å²) in [4.78, 5) is 14.5. The summed E-state index contributed by atoms with van der Waals surface area (Å²) in [6.45, 7) is 2.13. The Bertz CT molecular complexity index is 493. The highest BCUT2D eigenvalue weighted by Gasteiger charge is 2.26. The van der Waals surface area contributed by atoms with E-state index in [-0.39, 0.29) is 11.8 Å². The van der Waals surface area contributed by atoms with E-state index in [0.717, 1.165) is 37.3 Å². The van der Waals surface area contributed by atoms with Gasteiger partial charge in [0.25, 0.3) is 0 Å². The highest BCUT2D eigenvalue weighted by Crippen LogP contribution is 2.33. The Kier molecular flexibility index (Phi) is 4.16. The predicted octanol–water partition coefficient (Wildman–Crippen LogP) is 4.07. The van der Waals surface area contributed by atoms with Crippen molar-refractivity contribution >= 4 is 28.9 Å². The lowest BCUT2D eigenvalue weighted by molar-refractivity contribution is -0.122. The Hall–Kier alpha value is -1.22. The molecular weight excluding hydrogens is 272 g/mol. The highest BCUT2D eigenvalue weighted by atomic mass is 35.5. The maximum Gasteiger partial charge on any atom is 0.227 e. The number of nitrogens with zero attached hydrogens (tertiary/aromatic N) is 1. The van der Waals surface area contributed by atoms with E-state index in [2.05, 4.69) is 10.2 Å². The van der Waals surface area contributed by atoms with Crippen LogP contribution < -0.4 is 10.2 Å². The number of amides is 1. The monoisotopic (exact) mass is 292 g/mol. The van der Waals surface area contributed by atoms with Crippen LogP contribution in [0, 0.1) is 5.92 Å². The summed E-state index contributed by atoms with van der Waals surface area (Å²) in [5.41, 5.74) is 1.98. The largest absolute Gasteiger partial charge is 0.370 e. The summed E-state index contributed by atoms with van der Waals surface area (Å²) in [5, 5.41) is 3.76. The molecule has 1 heterocycles. The van der Waals surface area contributed by atoms with Crippen molar-refractivity contribution < 1.29 is 4.79 Å². The molecule has 0 aromatic heterocycles. The van der Waals surface area contributed by atoms with Gasteiger partial charge in [-0.15, -0.1) is 0 Å². The molecule has 1 aromatic carbocycles. The summed E-state index contributed by atoms with van der Waals surface area (Å²) in [5.74, 6) is 0.347. The fourth-order valence-corrected chi connectivity index (χ4v) is 3.10. The molecule has 108 valence electrons. The first kappa shape index (κ1) is 13.7. The van der Waals surface area contributed by atoms with E-state index in [1.807, 2.05) is 18.2 Å². The number of anilines is 2. The molecule has 0 unspecified atom stereocenters. The molecule has 3 rings (SSSR count). The van der Waals surface area contributed by atoms with Crippen LogP contribution in [0.3, 0.4) is 0 Å². The Morgan fingerprint density at radius 3 is 2.55 bits per heavy atom. The van der Waals surface area contributed by atoms with Crippen LogP contribution in [0.2, 0.25) is 5.02 Å². The molecule has 3 nitrogen and oxygen atoms in total. The zero-order valence-corrected chi connectivity index (χ0v) is 12.5. The maximum atomic E-state index is 12.2. The fourth-order valence-electron chi connectivity index (χ4n) is 2.92. The number of nitrogens with one attached hydrogen (secondary N) is 1. The molecular formula is C16H21ClN2O. The summed E-state index contributed by atoms with van der Waals surface area (Å²) >= 11 is 6.10. The molecule has 1 aliphatic heterocycles. The van der Waals surface area contributed by atoms with Gasteiger partial charge in [-0.05, 0) is 50.3 Å². The molecule has 1 N–H and O–H groups in total. The number of hydrogen-bond acceptors (Lipinski definition) is 2. The van der Waals surface area contributed by atoms with Gasteiger partial charge in [-0.3, -0.25) is 4.79 Å². The van der Waals surface area contributed by atoms with Gasteiger partial charge >= 0.3 is 0 Å². The first-order valence-electron chi connectivity index (χ1n) is 7.59.